The lowest BCUT2D eigenvalue weighted by Crippen LogP contribution is -2.20. The van der Waals surface area contributed by atoms with Crippen molar-refractivity contribution in [3.8, 4) is 0 Å². The van der Waals surface area contributed by atoms with Crippen LogP contribution in [0.15, 0.2) is 28.2 Å². The Morgan fingerprint density at radius 3 is 2.60 bits per heavy atom. The van der Waals surface area contributed by atoms with E-state index in [0.29, 0.717) is 11.8 Å². The molecule has 0 aliphatic heterocycles. The van der Waals surface area contributed by atoms with E-state index in [1.165, 1.54) is 5.57 Å². The molecule has 1 heterocycles. The Bertz CT molecular complexity index is 413. The van der Waals surface area contributed by atoms with Crippen molar-refractivity contribution in [2.75, 3.05) is 0 Å². The van der Waals surface area contributed by atoms with Crippen LogP contribution in [0.3, 0.4) is 0 Å². The van der Waals surface area contributed by atoms with Gasteiger partial charge in [-0.25, -0.2) is 0 Å². The van der Waals surface area contributed by atoms with E-state index in [9.17, 15) is 0 Å². The van der Waals surface area contributed by atoms with Crippen LogP contribution in [0.5, 0.6) is 0 Å². The van der Waals surface area contributed by atoms with Crippen LogP contribution in [0.1, 0.15) is 38.5 Å². The second kappa shape index (κ2) is 3.65. The number of hydrogen-bond acceptors (Lipinski definition) is 3. The van der Waals surface area contributed by atoms with Gasteiger partial charge in [-0.05, 0) is 32.3 Å². The van der Waals surface area contributed by atoms with Crippen molar-refractivity contribution in [2.24, 2.45) is 0 Å². The Labute approximate surface area is 89.9 Å². The van der Waals surface area contributed by atoms with Crippen LogP contribution in [0.4, 0.5) is 0 Å². The van der Waals surface area contributed by atoms with Crippen LogP contribution in [0, 0.1) is 6.92 Å². The normalized spacial score (nSPS) is 16.6. The van der Waals surface area contributed by atoms with Crippen LogP contribution >= 0.6 is 0 Å². The molecule has 1 aliphatic rings. The summed E-state index contributed by atoms with van der Waals surface area (Å²) in [5.74, 6) is 1.32. The van der Waals surface area contributed by atoms with Gasteiger partial charge in [0.2, 0.25) is 11.8 Å². The number of hydrogen-bond donors (Lipinski definition) is 0. The van der Waals surface area contributed by atoms with Crippen molar-refractivity contribution in [3.05, 3.63) is 35.6 Å². The lowest BCUT2D eigenvalue weighted by atomic mass is 9.81. The van der Waals surface area contributed by atoms with Crippen molar-refractivity contribution >= 4 is 0 Å². The van der Waals surface area contributed by atoms with Gasteiger partial charge in [0, 0.05) is 6.92 Å². The average molecular weight is 204 g/mol. The maximum Gasteiger partial charge on any atom is 0.226 e. The second-order valence-electron chi connectivity index (χ2n) is 4.39. The third-order valence-electron chi connectivity index (χ3n) is 2.78. The van der Waals surface area contributed by atoms with Gasteiger partial charge in [0.05, 0.1) is 5.41 Å². The fraction of sp³-hybridized carbons (Fsp3) is 0.500. The van der Waals surface area contributed by atoms with E-state index in [4.69, 9.17) is 4.42 Å². The highest BCUT2D eigenvalue weighted by Crippen LogP contribution is 2.33. The minimum atomic E-state index is -0.182. The number of aromatic nitrogens is 2. The molecule has 0 fully saturated rings. The van der Waals surface area contributed by atoms with E-state index in [1.54, 1.807) is 0 Å². The van der Waals surface area contributed by atoms with E-state index in [-0.39, 0.29) is 5.41 Å². The fourth-order valence-electron chi connectivity index (χ4n) is 1.75. The average Bonchev–Trinajstić information content (AvgIpc) is 2.67. The van der Waals surface area contributed by atoms with Gasteiger partial charge >= 0.3 is 0 Å². The summed E-state index contributed by atoms with van der Waals surface area (Å²) in [6, 6.07) is 0. The summed E-state index contributed by atoms with van der Waals surface area (Å²) in [6.45, 7) is 6.04. The zero-order valence-electron chi connectivity index (χ0n) is 9.45. The number of aryl methyl sites for hydroxylation is 1. The van der Waals surface area contributed by atoms with Gasteiger partial charge in [0.1, 0.15) is 0 Å². The molecule has 3 nitrogen and oxygen atoms in total. The van der Waals surface area contributed by atoms with Crippen molar-refractivity contribution in [1.29, 1.82) is 0 Å². The van der Waals surface area contributed by atoms with Crippen molar-refractivity contribution in [2.45, 2.75) is 39.0 Å². The third kappa shape index (κ3) is 1.87. The molecule has 0 radical (unpaired) electrons. The van der Waals surface area contributed by atoms with Crippen molar-refractivity contribution in [3.63, 3.8) is 0 Å². The first kappa shape index (κ1) is 10.1. The molecule has 0 bridgehead atoms. The summed E-state index contributed by atoms with van der Waals surface area (Å²) in [7, 11) is 0. The first-order valence-electron chi connectivity index (χ1n) is 5.28. The molecule has 0 saturated heterocycles. The monoisotopic (exact) mass is 204 g/mol. The molecule has 1 aliphatic carbocycles. The molecule has 0 aromatic carbocycles. The zero-order chi connectivity index (χ0) is 10.9. The van der Waals surface area contributed by atoms with Gasteiger partial charge in [-0.3, -0.25) is 0 Å². The van der Waals surface area contributed by atoms with Crippen LogP contribution in [-0.4, -0.2) is 10.2 Å². The first-order valence-corrected chi connectivity index (χ1v) is 5.28. The first-order chi connectivity index (χ1) is 7.10. The van der Waals surface area contributed by atoms with E-state index in [1.807, 2.05) is 6.92 Å². The van der Waals surface area contributed by atoms with Gasteiger partial charge < -0.3 is 4.42 Å². The molecule has 3 heteroatoms. The van der Waals surface area contributed by atoms with Gasteiger partial charge in [-0.1, -0.05) is 18.2 Å². The van der Waals surface area contributed by atoms with Crippen LogP contribution in [-0.2, 0) is 5.41 Å². The van der Waals surface area contributed by atoms with E-state index in [0.717, 1.165) is 12.8 Å². The number of rotatable bonds is 2. The lowest BCUT2D eigenvalue weighted by Gasteiger charge is -2.23. The van der Waals surface area contributed by atoms with Crippen molar-refractivity contribution in [1.82, 2.24) is 10.2 Å². The summed E-state index contributed by atoms with van der Waals surface area (Å²) in [4.78, 5) is 0. The van der Waals surface area contributed by atoms with E-state index < -0.39 is 0 Å². The molecule has 15 heavy (non-hydrogen) atoms. The molecule has 2 rings (SSSR count). The summed E-state index contributed by atoms with van der Waals surface area (Å²) in [5.41, 5.74) is 1.08. The van der Waals surface area contributed by atoms with Crippen LogP contribution in [0.2, 0.25) is 0 Å². The van der Waals surface area contributed by atoms with Crippen molar-refractivity contribution < 1.29 is 4.42 Å². The Morgan fingerprint density at radius 1 is 1.27 bits per heavy atom. The fourth-order valence-corrected chi connectivity index (χ4v) is 1.75. The van der Waals surface area contributed by atoms with Crippen LogP contribution < -0.4 is 0 Å². The summed E-state index contributed by atoms with van der Waals surface area (Å²) in [6.07, 6.45) is 8.83. The predicted octanol–water partition coefficient (Wildman–Crippen LogP) is 2.93. The van der Waals surface area contributed by atoms with Gasteiger partial charge in [0.15, 0.2) is 0 Å². The molecular formula is C12H16N2O. The highest BCUT2D eigenvalue weighted by Gasteiger charge is 2.30. The Morgan fingerprint density at radius 2 is 2.07 bits per heavy atom. The molecule has 0 unspecified atom stereocenters. The number of allylic oxidation sites excluding steroid dienone is 4. The smallest absolute Gasteiger partial charge is 0.226 e. The molecule has 0 spiro atoms. The standard InChI is InChI=1S/C12H16N2O/c1-9-13-14-11(15-9)12(2,3)10-7-5-4-6-8-10/h5,7-8H,4,6H2,1-3H3. The number of nitrogens with zero attached hydrogens (tertiary/aromatic N) is 2. The molecular weight excluding hydrogens is 188 g/mol. The summed E-state index contributed by atoms with van der Waals surface area (Å²) < 4.78 is 5.50. The molecule has 0 saturated carbocycles. The van der Waals surface area contributed by atoms with E-state index in [2.05, 4.69) is 42.3 Å². The van der Waals surface area contributed by atoms with Gasteiger partial charge in [-0.15, -0.1) is 10.2 Å². The maximum atomic E-state index is 5.50. The zero-order valence-corrected chi connectivity index (χ0v) is 9.45. The van der Waals surface area contributed by atoms with Crippen LogP contribution in [0.25, 0.3) is 0 Å². The maximum absolute atomic E-state index is 5.50. The van der Waals surface area contributed by atoms with E-state index >= 15 is 0 Å². The largest absolute Gasteiger partial charge is 0.425 e. The highest BCUT2D eigenvalue weighted by atomic mass is 16.4. The summed E-state index contributed by atoms with van der Waals surface area (Å²) >= 11 is 0. The Hall–Kier alpha value is -1.38. The highest BCUT2D eigenvalue weighted by molar-refractivity contribution is 5.35. The van der Waals surface area contributed by atoms with Gasteiger partial charge in [-0.2, -0.15) is 0 Å². The topological polar surface area (TPSA) is 38.9 Å². The molecule has 0 N–H and O–H groups in total. The predicted molar refractivity (Wildman–Crippen MR) is 58.5 cm³/mol. The molecule has 80 valence electrons. The molecule has 0 amide bonds. The minimum absolute atomic E-state index is 0.182. The Kier molecular flexibility index (Phi) is 2.47. The lowest BCUT2D eigenvalue weighted by molar-refractivity contribution is 0.396. The second-order valence-corrected chi connectivity index (χ2v) is 4.39. The quantitative estimate of drug-likeness (QED) is 0.743. The minimum Gasteiger partial charge on any atom is -0.425 e. The Balaban J connectivity index is 2.33. The van der Waals surface area contributed by atoms with Gasteiger partial charge in [0.25, 0.3) is 0 Å². The third-order valence-corrected chi connectivity index (χ3v) is 2.78. The summed E-state index contributed by atoms with van der Waals surface area (Å²) in [5, 5.41) is 7.98. The molecule has 1 aromatic rings. The molecule has 0 atom stereocenters. The SMILES string of the molecule is Cc1nnc(C(C)(C)C2=CCCC=C2)o1. The molecule has 1 aromatic heterocycles.